The van der Waals surface area contributed by atoms with Crippen molar-refractivity contribution in [2.45, 2.75) is 38.9 Å². The van der Waals surface area contributed by atoms with E-state index in [1.807, 2.05) is 13.8 Å². The zero-order chi connectivity index (χ0) is 13.5. The van der Waals surface area contributed by atoms with Gasteiger partial charge in [0.2, 0.25) is 11.9 Å². The Morgan fingerprint density at radius 1 is 1.47 bits per heavy atom. The molecular formula is C11H24N4OS. The normalized spacial score (nSPS) is 12.7. The predicted octanol–water partition coefficient (Wildman–Crippen LogP) is 1.11. The van der Waals surface area contributed by atoms with E-state index in [-0.39, 0.29) is 11.9 Å². The van der Waals surface area contributed by atoms with Gasteiger partial charge in [0.25, 0.3) is 0 Å². The van der Waals surface area contributed by atoms with Crippen LogP contribution >= 0.6 is 11.8 Å². The van der Waals surface area contributed by atoms with Crippen molar-refractivity contribution in [2.24, 2.45) is 16.8 Å². The Labute approximate surface area is 108 Å². The summed E-state index contributed by atoms with van der Waals surface area (Å²) in [5.41, 5.74) is 8.03. The minimum Gasteiger partial charge on any atom is -0.368 e. The average Bonchev–Trinajstić information content (AvgIpc) is 2.16. The molecule has 0 aliphatic heterocycles. The fraction of sp³-hybridized carbons (Fsp3) is 0.818. The van der Waals surface area contributed by atoms with Crippen LogP contribution in [0.1, 0.15) is 34.1 Å². The number of carbonyl (C=O) groups is 1. The standard InChI is InChI=1S/C11H24N4OS/c1-8(2)6-7-17-11(3,4)9(16)14-10(12)15-13-5/h8,13H,6-7H2,1-5H3,(H3,12,14,15,16). The van der Waals surface area contributed by atoms with E-state index in [0.29, 0.717) is 5.92 Å². The summed E-state index contributed by atoms with van der Waals surface area (Å²) in [4.78, 5) is 11.9. The number of hydrogen-bond donors (Lipinski definition) is 3. The highest BCUT2D eigenvalue weighted by atomic mass is 32.2. The highest BCUT2D eigenvalue weighted by Crippen LogP contribution is 2.26. The van der Waals surface area contributed by atoms with Gasteiger partial charge in [0, 0.05) is 7.05 Å². The maximum Gasteiger partial charge on any atom is 0.242 e. The fourth-order valence-electron chi connectivity index (χ4n) is 1.03. The molecule has 100 valence electrons. The van der Waals surface area contributed by atoms with E-state index in [1.54, 1.807) is 18.8 Å². The molecule has 6 heteroatoms. The summed E-state index contributed by atoms with van der Waals surface area (Å²) in [7, 11) is 1.63. The second-order valence-corrected chi connectivity index (χ2v) is 6.43. The Hall–Kier alpha value is -0.910. The SMILES string of the molecule is CNN=C(N)NC(=O)C(C)(C)SCCC(C)C. The minimum absolute atomic E-state index is 0.0926. The highest BCUT2D eigenvalue weighted by Gasteiger charge is 2.28. The minimum atomic E-state index is -0.497. The molecule has 5 nitrogen and oxygen atoms in total. The Morgan fingerprint density at radius 2 is 2.06 bits per heavy atom. The summed E-state index contributed by atoms with van der Waals surface area (Å²) in [6.07, 6.45) is 1.10. The molecule has 0 aromatic rings. The third-order valence-electron chi connectivity index (χ3n) is 2.18. The molecule has 4 N–H and O–H groups in total. The van der Waals surface area contributed by atoms with Crippen molar-refractivity contribution in [3.63, 3.8) is 0 Å². The van der Waals surface area contributed by atoms with Crippen LogP contribution < -0.4 is 16.5 Å². The van der Waals surface area contributed by atoms with Crippen LogP contribution in [0.3, 0.4) is 0 Å². The first-order chi connectivity index (χ1) is 7.79. The first-order valence-electron chi connectivity index (χ1n) is 5.75. The number of nitrogens with zero attached hydrogens (tertiary/aromatic N) is 1. The zero-order valence-corrected chi connectivity index (χ0v) is 12.1. The van der Waals surface area contributed by atoms with Gasteiger partial charge in [-0.15, -0.1) is 16.9 Å². The lowest BCUT2D eigenvalue weighted by atomic mass is 10.2. The quantitative estimate of drug-likeness (QED) is 0.380. The number of amides is 1. The van der Waals surface area contributed by atoms with Crippen LogP contribution in [0.5, 0.6) is 0 Å². The van der Waals surface area contributed by atoms with Crippen molar-refractivity contribution in [3.05, 3.63) is 0 Å². The van der Waals surface area contributed by atoms with Crippen LogP contribution in [0.15, 0.2) is 5.10 Å². The second kappa shape index (κ2) is 7.42. The smallest absolute Gasteiger partial charge is 0.242 e. The summed E-state index contributed by atoms with van der Waals surface area (Å²) < 4.78 is -0.497. The number of nitrogens with two attached hydrogens (primary N) is 1. The first kappa shape index (κ1) is 16.1. The van der Waals surface area contributed by atoms with E-state index in [9.17, 15) is 4.79 Å². The van der Waals surface area contributed by atoms with E-state index in [4.69, 9.17) is 5.73 Å². The van der Waals surface area contributed by atoms with Crippen LogP contribution in [0, 0.1) is 5.92 Å². The van der Waals surface area contributed by atoms with Gasteiger partial charge in [-0.1, -0.05) is 13.8 Å². The number of carbonyl (C=O) groups excluding carboxylic acids is 1. The summed E-state index contributed by atoms with van der Waals surface area (Å²) >= 11 is 1.63. The lowest BCUT2D eigenvalue weighted by molar-refractivity contribution is -0.121. The van der Waals surface area contributed by atoms with Gasteiger partial charge < -0.3 is 11.2 Å². The highest BCUT2D eigenvalue weighted by molar-refractivity contribution is 8.01. The maximum absolute atomic E-state index is 11.9. The lowest BCUT2D eigenvalue weighted by Gasteiger charge is -2.23. The van der Waals surface area contributed by atoms with Crippen LogP contribution in [-0.4, -0.2) is 29.4 Å². The third kappa shape index (κ3) is 7.10. The van der Waals surface area contributed by atoms with Gasteiger partial charge in [-0.3, -0.25) is 10.1 Å². The van der Waals surface area contributed by atoms with E-state index in [0.717, 1.165) is 12.2 Å². The molecule has 0 saturated heterocycles. The lowest BCUT2D eigenvalue weighted by Crippen LogP contribution is -2.46. The van der Waals surface area contributed by atoms with Gasteiger partial charge in [-0.05, 0) is 31.9 Å². The van der Waals surface area contributed by atoms with Crippen LogP contribution in [0.2, 0.25) is 0 Å². The topological polar surface area (TPSA) is 79.5 Å². The monoisotopic (exact) mass is 260 g/mol. The van der Waals surface area contributed by atoms with Gasteiger partial charge in [0.1, 0.15) is 0 Å². The molecule has 0 rings (SSSR count). The van der Waals surface area contributed by atoms with E-state index < -0.39 is 4.75 Å². The number of guanidine groups is 1. The molecule has 0 aromatic heterocycles. The molecule has 0 heterocycles. The molecule has 1 amide bonds. The van der Waals surface area contributed by atoms with Gasteiger partial charge in [-0.25, -0.2) is 0 Å². The summed E-state index contributed by atoms with van der Waals surface area (Å²) in [6.45, 7) is 8.12. The molecular weight excluding hydrogens is 236 g/mol. The van der Waals surface area contributed by atoms with Crippen LogP contribution in [0.25, 0.3) is 0 Å². The summed E-state index contributed by atoms with van der Waals surface area (Å²) in [5, 5.41) is 6.25. The van der Waals surface area contributed by atoms with Crippen molar-refractivity contribution in [1.29, 1.82) is 0 Å². The number of hydrogen-bond acceptors (Lipinski definition) is 4. The van der Waals surface area contributed by atoms with Gasteiger partial charge in [0.05, 0.1) is 4.75 Å². The molecule has 0 unspecified atom stereocenters. The molecule has 0 atom stereocenters. The second-order valence-electron chi connectivity index (χ2n) is 4.72. The maximum atomic E-state index is 11.9. The number of nitrogens with one attached hydrogen (secondary N) is 2. The van der Waals surface area contributed by atoms with Crippen LogP contribution in [0.4, 0.5) is 0 Å². The zero-order valence-electron chi connectivity index (χ0n) is 11.3. The molecule has 0 aliphatic carbocycles. The number of thioether (sulfide) groups is 1. The Balaban J connectivity index is 4.20. The molecule has 0 bridgehead atoms. The molecule has 17 heavy (non-hydrogen) atoms. The van der Waals surface area contributed by atoms with Crippen molar-refractivity contribution in [1.82, 2.24) is 10.7 Å². The van der Waals surface area contributed by atoms with E-state index >= 15 is 0 Å². The molecule has 0 spiro atoms. The predicted molar refractivity (Wildman–Crippen MR) is 74.8 cm³/mol. The van der Waals surface area contributed by atoms with E-state index in [1.165, 1.54) is 0 Å². The third-order valence-corrected chi connectivity index (χ3v) is 3.53. The number of rotatable bonds is 6. The Bertz CT molecular complexity index is 277. The molecule has 0 saturated carbocycles. The van der Waals surface area contributed by atoms with Crippen molar-refractivity contribution in [2.75, 3.05) is 12.8 Å². The van der Waals surface area contributed by atoms with E-state index in [2.05, 4.69) is 29.7 Å². The molecule has 0 fully saturated rings. The van der Waals surface area contributed by atoms with Crippen molar-refractivity contribution in [3.8, 4) is 0 Å². The Morgan fingerprint density at radius 3 is 2.53 bits per heavy atom. The molecule has 0 aliphatic rings. The first-order valence-corrected chi connectivity index (χ1v) is 6.73. The van der Waals surface area contributed by atoms with Crippen molar-refractivity contribution < 1.29 is 4.79 Å². The Kier molecular flexibility index (Phi) is 7.03. The van der Waals surface area contributed by atoms with Gasteiger partial charge in [-0.2, -0.15) is 0 Å². The van der Waals surface area contributed by atoms with Gasteiger partial charge >= 0.3 is 0 Å². The average molecular weight is 260 g/mol. The van der Waals surface area contributed by atoms with Gasteiger partial charge in [0.15, 0.2) is 0 Å². The largest absolute Gasteiger partial charge is 0.368 e. The summed E-state index contributed by atoms with van der Waals surface area (Å²) in [6, 6.07) is 0. The molecule has 0 radical (unpaired) electrons. The summed E-state index contributed by atoms with van der Waals surface area (Å²) in [5.74, 6) is 1.58. The number of hydrazone groups is 1. The van der Waals surface area contributed by atoms with Crippen molar-refractivity contribution >= 4 is 23.6 Å². The van der Waals surface area contributed by atoms with Crippen LogP contribution in [-0.2, 0) is 4.79 Å². The fourth-order valence-corrected chi connectivity index (χ4v) is 2.31. The molecule has 0 aromatic carbocycles.